The number of ether oxygens (including phenoxy) is 1. The van der Waals surface area contributed by atoms with E-state index in [-0.39, 0.29) is 5.02 Å². The van der Waals surface area contributed by atoms with E-state index in [1.54, 1.807) is 19.1 Å². The van der Waals surface area contributed by atoms with E-state index < -0.39 is 0 Å². The molecule has 0 atom stereocenters. The van der Waals surface area contributed by atoms with Gasteiger partial charge in [-0.2, -0.15) is 5.26 Å². The Balaban J connectivity index is 3.41. The van der Waals surface area contributed by atoms with Crippen molar-refractivity contribution in [3.05, 3.63) is 38.5 Å². The lowest BCUT2D eigenvalue weighted by Gasteiger charge is -2.07. The molecule has 0 fully saturated rings. The molecule has 0 radical (unpaired) electrons. The minimum Gasteiger partial charge on any atom is -0.500 e. The second kappa shape index (κ2) is 5.45. The summed E-state index contributed by atoms with van der Waals surface area (Å²) < 4.78 is 5.01. The van der Waals surface area contributed by atoms with Crippen LogP contribution in [-0.2, 0) is 4.74 Å². The molecule has 1 aromatic rings. The van der Waals surface area contributed by atoms with Gasteiger partial charge in [-0.15, -0.1) is 0 Å². The van der Waals surface area contributed by atoms with E-state index in [0.717, 1.165) is 0 Å². The summed E-state index contributed by atoms with van der Waals surface area (Å²) >= 11 is 17.6. The molecule has 0 saturated carbocycles. The number of hydrogen-bond acceptors (Lipinski definition) is 2. The lowest BCUT2D eigenvalue weighted by atomic mass is 10.1. The lowest BCUT2D eigenvalue weighted by Crippen LogP contribution is -1.90. The fraction of sp³-hybridized carbons (Fsp3) is 0.182. The van der Waals surface area contributed by atoms with Crippen LogP contribution in [0.4, 0.5) is 0 Å². The van der Waals surface area contributed by atoms with Crippen molar-refractivity contribution in [2.75, 3.05) is 7.11 Å². The van der Waals surface area contributed by atoms with Gasteiger partial charge in [0.1, 0.15) is 11.8 Å². The number of methoxy groups -OCH3 is 1. The molecule has 0 aromatic heterocycles. The molecule has 1 rings (SSSR count). The summed E-state index contributed by atoms with van der Waals surface area (Å²) in [6.07, 6.45) is 0. The van der Waals surface area contributed by atoms with Crippen LogP contribution in [0.3, 0.4) is 0 Å². The maximum Gasteiger partial charge on any atom is 0.111 e. The highest BCUT2D eigenvalue weighted by Crippen LogP contribution is 2.34. The molecular formula is C11H8Cl3NO. The molecule has 2 nitrogen and oxygen atoms in total. The van der Waals surface area contributed by atoms with Gasteiger partial charge < -0.3 is 4.74 Å². The van der Waals surface area contributed by atoms with Gasteiger partial charge in [0, 0.05) is 0 Å². The fourth-order valence-electron chi connectivity index (χ4n) is 1.15. The van der Waals surface area contributed by atoms with Crippen LogP contribution in [0.1, 0.15) is 12.5 Å². The quantitative estimate of drug-likeness (QED) is 0.451. The van der Waals surface area contributed by atoms with Crippen LogP contribution >= 0.6 is 34.8 Å². The molecular weight excluding hydrogens is 268 g/mol. The smallest absolute Gasteiger partial charge is 0.111 e. The summed E-state index contributed by atoms with van der Waals surface area (Å²) in [5.41, 5.74) is 0.962. The number of allylic oxidation sites excluding steroid dienone is 2. The van der Waals surface area contributed by atoms with E-state index in [1.807, 2.05) is 6.07 Å². The van der Waals surface area contributed by atoms with Gasteiger partial charge in [0.25, 0.3) is 0 Å². The standard InChI is InChI=1S/C11H8Cl3NO/c1-6(16-2)8(5-15)7-3-9(12)11(14)10(13)4-7/h3-4H,1-2H3. The minimum atomic E-state index is 0.277. The van der Waals surface area contributed by atoms with Crippen LogP contribution in [0, 0.1) is 11.3 Å². The van der Waals surface area contributed by atoms with Gasteiger partial charge >= 0.3 is 0 Å². The molecule has 0 aliphatic rings. The third-order valence-corrected chi connectivity index (χ3v) is 3.24. The van der Waals surface area contributed by atoms with Crippen molar-refractivity contribution in [2.24, 2.45) is 0 Å². The van der Waals surface area contributed by atoms with Gasteiger partial charge in [-0.1, -0.05) is 34.8 Å². The molecule has 0 amide bonds. The lowest BCUT2D eigenvalue weighted by molar-refractivity contribution is 0.296. The number of halogens is 3. The maximum absolute atomic E-state index is 9.03. The van der Waals surface area contributed by atoms with Crippen molar-refractivity contribution in [3.63, 3.8) is 0 Å². The van der Waals surface area contributed by atoms with Gasteiger partial charge in [-0.3, -0.25) is 0 Å². The third-order valence-electron chi connectivity index (χ3n) is 2.04. The van der Waals surface area contributed by atoms with E-state index in [9.17, 15) is 0 Å². The summed E-state index contributed by atoms with van der Waals surface area (Å²) in [5.74, 6) is 0.497. The van der Waals surface area contributed by atoms with Crippen molar-refractivity contribution in [3.8, 4) is 6.07 Å². The first-order valence-corrected chi connectivity index (χ1v) is 5.44. The second-order valence-electron chi connectivity index (χ2n) is 3.00. The minimum absolute atomic E-state index is 0.277. The average molecular weight is 277 g/mol. The Morgan fingerprint density at radius 3 is 2.12 bits per heavy atom. The van der Waals surface area contributed by atoms with Crippen molar-refractivity contribution in [2.45, 2.75) is 6.92 Å². The molecule has 0 saturated heterocycles. The van der Waals surface area contributed by atoms with E-state index in [1.165, 1.54) is 7.11 Å². The Morgan fingerprint density at radius 2 is 1.75 bits per heavy atom. The number of nitriles is 1. The third kappa shape index (κ3) is 2.62. The van der Waals surface area contributed by atoms with Crippen LogP contribution in [0.5, 0.6) is 0 Å². The molecule has 5 heteroatoms. The predicted octanol–water partition coefficient (Wildman–Crippen LogP) is 4.55. The molecule has 0 spiro atoms. The average Bonchev–Trinajstić information content (AvgIpc) is 2.26. The first kappa shape index (κ1) is 13.2. The van der Waals surface area contributed by atoms with Gasteiger partial charge in [-0.05, 0) is 24.6 Å². The predicted molar refractivity (Wildman–Crippen MR) is 66.7 cm³/mol. The number of rotatable bonds is 2. The SMILES string of the molecule is COC(C)=C(C#N)c1cc(Cl)c(Cl)c(Cl)c1. The first-order chi connectivity index (χ1) is 7.51. The molecule has 84 valence electrons. The molecule has 16 heavy (non-hydrogen) atoms. The highest BCUT2D eigenvalue weighted by Gasteiger charge is 2.11. The first-order valence-electron chi connectivity index (χ1n) is 4.31. The maximum atomic E-state index is 9.03. The Morgan fingerprint density at radius 1 is 1.25 bits per heavy atom. The highest BCUT2D eigenvalue weighted by atomic mass is 35.5. The summed E-state index contributed by atoms with van der Waals surface area (Å²) in [7, 11) is 1.49. The largest absolute Gasteiger partial charge is 0.500 e. The van der Waals surface area contributed by atoms with Gasteiger partial charge in [-0.25, -0.2) is 0 Å². The Kier molecular flexibility index (Phi) is 4.49. The fourth-order valence-corrected chi connectivity index (χ4v) is 1.74. The summed E-state index contributed by atoms with van der Waals surface area (Å²) in [6, 6.07) is 5.20. The van der Waals surface area contributed by atoms with Gasteiger partial charge in [0.15, 0.2) is 0 Å². The van der Waals surface area contributed by atoms with Crippen LogP contribution in [0.25, 0.3) is 5.57 Å². The summed E-state index contributed by atoms with van der Waals surface area (Å²) in [5, 5.41) is 9.91. The Hall–Kier alpha value is -0.880. The summed E-state index contributed by atoms with van der Waals surface area (Å²) in [6.45, 7) is 1.69. The molecule has 0 N–H and O–H groups in total. The van der Waals surface area contributed by atoms with E-state index in [2.05, 4.69) is 0 Å². The number of hydrogen-bond donors (Lipinski definition) is 0. The van der Waals surface area contributed by atoms with E-state index in [4.69, 9.17) is 44.8 Å². The van der Waals surface area contributed by atoms with Crippen LogP contribution in [0.2, 0.25) is 15.1 Å². The van der Waals surface area contributed by atoms with Crippen molar-refractivity contribution >= 4 is 40.4 Å². The molecule has 1 aromatic carbocycles. The van der Waals surface area contributed by atoms with Gasteiger partial charge in [0.05, 0.1) is 27.8 Å². The van der Waals surface area contributed by atoms with Crippen molar-refractivity contribution in [1.29, 1.82) is 5.26 Å². The van der Waals surface area contributed by atoms with Crippen LogP contribution in [-0.4, -0.2) is 7.11 Å². The monoisotopic (exact) mass is 275 g/mol. The Bertz CT molecular complexity index is 465. The molecule has 0 bridgehead atoms. The molecule has 0 heterocycles. The number of nitrogens with zero attached hydrogens (tertiary/aromatic N) is 1. The van der Waals surface area contributed by atoms with E-state index in [0.29, 0.717) is 26.9 Å². The molecule has 0 aliphatic heterocycles. The van der Waals surface area contributed by atoms with Gasteiger partial charge in [0.2, 0.25) is 0 Å². The Labute approximate surface area is 109 Å². The van der Waals surface area contributed by atoms with Crippen molar-refractivity contribution in [1.82, 2.24) is 0 Å². The molecule has 0 unspecified atom stereocenters. The summed E-state index contributed by atoms with van der Waals surface area (Å²) in [4.78, 5) is 0. The van der Waals surface area contributed by atoms with E-state index >= 15 is 0 Å². The zero-order chi connectivity index (χ0) is 12.3. The second-order valence-corrected chi connectivity index (χ2v) is 4.19. The zero-order valence-corrected chi connectivity index (χ0v) is 10.9. The van der Waals surface area contributed by atoms with Crippen LogP contribution in [0.15, 0.2) is 17.9 Å². The van der Waals surface area contributed by atoms with Crippen LogP contribution < -0.4 is 0 Å². The normalized spacial score (nSPS) is 11.8. The van der Waals surface area contributed by atoms with Crippen molar-refractivity contribution < 1.29 is 4.74 Å². The topological polar surface area (TPSA) is 33.0 Å². The number of benzene rings is 1. The molecule has 0 aliphatic carbocycles. The zero-order valence-electron chi connectivity index (χ0n) is 8.64. The highest BCUT2D eigenvalue weighted by molar-refractivity contribution is 6.48.